The van der Waals surface area contributed by atoms with Gasteiger partial charge in [-0.05, 0) is 48.4 Å². The second-order valence-electron chi connectivity index (χ2n) is 4.24. The number of hydrogen-bond acceptors (Lipinski definition) is 1. The number of anilines is 1. The van der Waals surface area contributed by atoms with Crippen molar-refractivity contribution in [1.29, 1.82) is 0 Å². The van der Waals surface area contributed by atoms with E-state index in [0.717, 1.165) is 17.7 Å². The van der Waals surface area contributed by atoms with Gasteiger partial charge in [-0.2, -0.15) is 0 Å². The number of hydrogen-bond donors (Lipinski definition) is 1. The maximum atomic E-state index is 13.1. The maximum Gasteiger partial charge on any atom is 0.194 e. The van der Waals surface area contributed by atoms with E-state index in [-0.39, 0.29) is 12.1 Å². The van der Waals surface area contributed by atoms with Gasteiger partial charge in [0.2, 0.25) is 0 Å². The largest absolute Gasteiger partial charge is 0.381 e. The first-order chi connectivity index (χ1) is 8.95. The standard InChI is InChI=1S/C14H11F4N/c1-8-2-10(15)6-11(3-8)19-7-9-4-12(16)14(18)13(17)5-9/h2-6,19H,7H2,1H3. The summed E-state index contributed by atoms with van der Waals surface area (Å²) in [4.78, 5) is 0. The van der Waals surface area contributed by atoms with E-state index < -0.39 is 23.3 Å². The summed E-state index contributed by atoms with van der Waals surface area (Å²) in [5, 5.41) is 2.82. The topological polar surface area (TPSA) is 12.0 Å². The summed E-state index contributed by atoms with van der Waals surface area (Å²) in [6.45, 7) is 1.79. The highest BCUT2D eigenvalue weighted by Gasteiger charge is 2.10. The van der Waals surface area contributed by atoms with E-state index in [4.69, 9.17) is 0 Å². The fraction of sp³-hybridized carbons (Fsp3) is 0.143. The maximum absolute atomic E-state index is 13.1. The fourth-order valence-electron chi connectivity index (χ4n) is 1.75. The third-order valence-corrected chi connectivity index (χ3v) is 2.58. The van der Waals surface area contributed by atoms with Crippen LogP contribution in [0.4, 0.5) is 23.2 Å². The third-order valence-electron chi connectivity index (χ3n) is 2.58. The van der Waals surface area contributed by atoms with Gasteiger partial charge in [0.15, 0.2) is 17.5 Å². The molecule has 0 bridgehead atoms. The lowest BCUT2D eigenvalue weighted by molar-refractivity contribution is 0.445. The number of halogens is 4. The second-order valence-corrected chi connectivity index (χ2v) is 4.24. The Hall–Kier alpha value is -2.04. The Morgan fingerprint density at radius 3 is 2.11 bits per heavy atom. The van der Waals surface area contributed by atoms with E-state index in [1.54, 1.807) is 13.0 Å². The van der Waals surface area contributed by atoms with Gasteiger partial charge in [-0.25, -0.2) is 17.6 Å². The zero-order valence-electron chi connectivity index (χ0n) is 10.1. The Bertz CT molecular complexity index is 567. The molecule has 100 valence electrons. The van der Waals surface area contributed by atoms with Crippen LogP contribution in [-0.2, 0) is 6.54 Å². The van der Waals surface area contributed by atoms with Crippen molar-refractivity contribution in [2.24, 2.45) is 0 Å². The van der Waals surface area contributed by atoms with Gasteiger partial charge in [0.1, 0.15) is 5.82 Å². The summed E-state index contributed by atoms with van der Waals surface area (Å²) in [5.41, 5.74) is 1.44. The molecule has 2 aromatic rings. The molecule has 0 radical (unpaired) electrons. The normalized spacial score (nSPS) is 10.6. The molecule has 0 atom stereocenters. The summed E-state index contributed by atoms with van der Waals surface area (Å²) in [6, 6.07) is 6.13. The first-order valence-electron chi connectivity index (χ1n) is 5.60. The van der Waals surface area contributed by atoms with Gasteiger partial charge >= 0.3 is 0 Å². The smallest absolute Gasteiger partial charge is 0.194 e. The Kier molecular flexibility index (Phi) is 3.74. The van der Waals surface area contributed by atoms with E-state index in [0.29, 0.717) is 5.69 Å². The average Bonchev–Trinajstić information content (AvgIpc) is 2.32. The molecule has 0 aromatic heterocycles. The lowest BCUT2D eigenvalue weighted by Crippen LogP contribution is -2.03. The molecule has 1 N–H and O–H groups in total. The molecule has 0 spiro atoms. The van der Waals surface area contributed by atoms with Crippen molar-refractivity contribution < 1.29 is 17.6 Å². The first kappa shape index (κ1) is 13.4. The number of nitrogens with one attached hydrogen (secondary N) is 1. The van der Waals surface area contributed by atoms with Crippen LogP contribution in [0.25, 0.3) is 0 Å². The van der Waals surface area contributed by atoms with Crippen LogP contribution in [0.3, 0.4) is 0 Å². The van der Waals surface area contributed by atoms with Crippen molar-refractivity contribution in [2.75, 3.05) is 5.32 Å². The summed E-state index contributed by atoms with van der Waals surface area (Å²) in [6.07, 6.45) is 0. The minimum atomic E-state index is -1.50. The molecule has 0 aliphatic rings. The van der Waals surface area contributed by atoms with E-state index in [9.17, 15) is 17.6 Å². The highest BCUT2D eigenvalue weighted by atomic mass is 19.2. The van der Waals surface area contributed by atoms with Crippen LogP contribution < -0.4 is 5.32 Å². The van der Waals surface area contributed by atoms with Gasteiger partial charge in [0.05, 0.1) is 0 Å². The average molecular weight is 269 g/mol. The van der Waals surface area contributed by atoms with Gasteiger partial charge < -0.3 is 5.32 Å². The van der Waals surface area contributed by atoms with Gasteiger partial charge in [0.25, 0.3) is 0 Å². The lowest BCUT2D eigenvalue weighted by Gasteiger charge is -2.08. The minimum Gasteiger partial charge on any atom is -0.381 e. The third kappa shape index (κ3) is 3.24. The van der Waals surface area contributed by atoms with Crippen molar-refractivity contribution in [3.63, 3.8) is 0 Å². The van der Waals surface area contributed by atoms with Crippen molar-refractivity contribution in [1.82, 2.24) is 0 Å². The molecule has 0 fully saturated rings. The molecular weight excluding hydrogens is 258 g/mol. The number of benzene rings is 2. The monoisotopic (exact) mass is 269 g/mol. The minimum absolute atomic E-state index is 0.0665. The Balaban J connectivity index is 2.14. The molecule has 0 saturated carbocycles. The molecule has 0 unspecified atom stereocenters. The Morgan fingerprint density at radius 2 is 1.53 bits per heavy atom. The molecule has 0 amide bonds. The summed E-state index contributed by atoms with van der Waals surface area (Å²) < 4.78 is 51.9. The van der Waals surface area contributed by atoms with Crippen molar-refractivity contribution in [3.05, 3.63) is 64.7 Å². The molecule has 5 heteroatoms. The zero-order valence-corrected chi connectivity index (χ0v) is 10.1. The van der Waals surface area contributed by atoms with Gasteiger partial charge in [-0.1, -0.05) is 0 Å². The van der Waals surface area contributed by atoms with E-state index in [1.165, 1.54) is 12.1 Å². The van der Waals surface area contributed by atoms with Crippen molar-refractivity contribution in [3.8, 4) is 0 Å². The zero-order chi connectivity index (χ0) is 14.0. The summed E-state index contributed by atoms with van der Waals surface area (Å²) in [5.74, 6) is -4.39. The molecule has 2 aromatic carbocycles. The van der Waals surface area contributed by atoms with Crippen molar-refractivity contribution in [2.45, 2.75) is 13.5 Å². The molecule has 0 aliphatic heterocycles. The number of aryl methyl sites for hydroxylation is 1. The van der Waals surface area contributed by atoms with E-state index in [1.807, 2.05) is 0 Å². The Morgan fingerprint density at radius 1 is 0.895 bits per heavy atom. The van der Waals surface area contributed by atoms with Gasteiger partial charge in [-0.3, -0.25) is 0 Å². The molecule has 0 aliphatic carbocycles. The molecule has 2 rings (SSSR count). The van der Waals surface area contributed by atoms with Crippen LogP contribution in [-0.4, -0.2) is 0 Å². The Labute approximate surface area is 107 Å². The second kappa shape index (κ2) is 5.30. The van der Waals surface area contributed by atoms with Gasteiger partial charge in [-0.15, -0.1) is 0 Å². The first-order valence-corrected chi connectivity index (χ1v) is 5.60. The molecule has 0 saturated heterocycles. The predicted octanol–water partition coefficient (Wildman–Crippen LogP) is 4.16. The number of rotatable bonds is 3. The van der Waals surface area contributed by atoms with Crippen LogP contribution in [0, 0.1) is 30.2 Å². The van der Waals surface area contributed by atoms with Crippen LogP contribution in [0.2, 0.25) is 0 Å². The summed E-state index contributed by atoms with van der Waals surface area (Å²) >= 11 is 0. The molecular formula is C14H11F4N. The highest BCUT2D eigenvalue weighted by molar-refractivity contribution is 5.46. The lowest BCUT2D eigenvalue weighted by atomic mass is 10.2. The predicted molar refractivity (Wildman–Crippen MR) is 64.8 cm³/mol. The van der Waals surface area contributed by atoms with Gasteiger partial charge in [0, 0.05) is 12.2 Å². The SMILES string of the molecule is Cc1cc(F)cc(NCc2cc(F)c(F)c(F)c2)c1. The van der Waals surface area contributed by atoms with E-state index in [2.05, 4.69) is 5.32 Å². The molecule has 19 heavy (non-hydrogen) atoms. The van der Waals surface area contributed by atoms with Crippen LogP contribution in [0.1, 0.15) is 11.1 Å². The quantitative estimate of drug-likeness (QED) is 0.651. The summed E-state index contributed by atoms with van der Waals surface area (Å²) in [7, 11) is 0. The van der Waals surface area contributed by atoms with Crippen molar-refractivity contribution >= 4 is 5.69 Å². The molecule has 1 nitrogen and oxygen atoms in total. The highest BCUT2D eigenvalue weighted by Crippen LogP contribution is 2.17. The van der Waals surface area contributed by atoms with E-state index >= 15 is 0 Å². The van der Waals surface area contributed by atoms with Crippen LogP contribution in [0.5, 0.6) is 0 Å². The fourth-order valence-corrected chi connectivity index (χ4v) is 1.75. The van der Waals surface area contributed by atoms with Crippen LogP contribution >= 0.6 is 0 Å². The molecule has 0 heterocycles. The van der Waals surface area contributed by atoms with Crippen LogP contribution in [0.15, 0.2) is 30.3 Å².